The van der Waals surface area contributed by atoms with Crippen LogP contribution in [0, 0.1) is 0 Å². The van der Waals surface area contributed by atoms with Gasteiger partial charge in [0.25, 0.3) is 0 Å². The number of benzene rings is 2. The molecule has 1 aliphatic rings. The molecule has 0 atom stereocenters. The van der Waals surface area contributed by atoms with Gasteiger partial charge in [-0.05, 0) is 37.4 Å². The van der Waals surface area contributed by atoms with Gasteiger partial charge >= 0.3 is 6.03 Å². The lowest BCUT2D eigenvalue weighted by molar-refractivity contribution is 0.194. The Hall–Kier alpha value is -2.53. The standard InChI is InChI=1S/C21H28N4O/c1-23(2)17-19-9-7-6-8-18(19)16-22-21(26)25-14-12-24(13-15-25)20-10-4-3-5-11-20/h3-11H,12-17H2,1-2H3,(H,22,26). The fourth-order valence-electron chi connectivity index (χ4n) is 3.31. The van der Waals surface area contributed by atoms with Crippen molar-refractivity contribution < 1.29 is 4.79 Å². The van der Waals surface area contributed by atoms with Crippen molar-refractivity contribution in [2.75, 3.05) is 45.2 Å². The Morgan fingerprint density at radius 1 is 0.923 bits per heavy atom. The highest BCUT2D eigenvalue weighted by Crippen LogP contribution is 2.16. The van der Waals surface area contributed by atoms with Crippen LogP contribution in [0.1, 0.15) is 11.1 Å². The summed E-state index contributed by atoms with van der Waals surface area (Å²) in [4.78, 5) is 18.9. The van der Waals surface area contributed by atoms with Crippen LogP contribution in [0.25, 0.3) is 0 Å². The monoisotopic (exact) mass is 352 g/mol. The SMILES string of the molecule is CN(C)Cc1ccccc1CNC(=O)N1CCN(c2ccccc2)CC1. The first-order chi connectivity index (χ1) is 12.6. The van der Waals surface area contributed by atoms with Crippen molar-refractivity contribution in [1.29, 1.82) is 0 Å². The molecule has 1 fully saturated rings. The number of urea groups is 1. The van der Waals surface area contributed by atoms with Gasteiger partial charge in [-0.1, -0.05) is 42.5 Å². The topological polar surface area (TPSA) is 38.8 Å². The number of anilines is 1. The average molecular weight is 352 g/mol. The van der Waals surface area contributed by atoms with E-state index in [2.05, 4.69) is 65.6 Å². The Morgan fingerprint density at radius 3 is 2.19 bits per heavy atom. The molecule has 0 saturated carbocycles. The van der Waals surface area contributed by atoms with Crippen molar-refractivity contribution in [1.82, 2.24) is 15.1 Å². The van der Waals surface area contributed by atoms with Crippen molar-refractivity contribution >= 4 is 11.7 Å². The lowest BCUT2D eigenvalue weighted by Crippen LogP contribution is -2.51. The second kappa shape index (κ2) is 8.72. The molecule has 26 heavy (non-hydrogen) atoms. The van der Waals surface area contributed by atoms with Crippen molar-refractivity contribution in [2.45, 2.75) is 13.1 Å². The highest BCUT2D eigenvalue weighted by Gasteiger charge is 2.21. The van der Waals surface area contributed by atoms with Crippen LogP contribution in [0.5, 0.6) is 0 Å². The molecule has 1 N–H and O–H groups in total. The van der Waals surface area contributed by atoms with Crippen molar-refractivity contribution in [3.8, 4) is 0 Å². The molecule has 1 aliphatic heterocycles. The van der Waals surface area contributed by atoms with E-state index >= 15 is 0 Å². The Kier molecular flexibility index (Phi) is 6.12. The Balaban J connectivity index is 1.51. The second-order valence-electron chi connectivity index (χ2n) is 6.97. The summed E-state index contributed by atoms with van der Waals surface area (Å²) in [5.41, 5.74) is 3.66. The summed E-state index contributed by atoms with van der Waals surface area (Å²) in [7, 11) is 4.11. The normalized spacial score (nSPS) is 14.6. The van der Waals surface area contributed by atoms with Crippen LogP contribution in [0.3, 0.4) is 0 Å². The van der Waals surface area contributed by atoms with Crippen LogP contribution in [0.15, 0.2) is 54.6 Å². The predicted octanol–water partition coefficient (Wildman–Crippen LogP) is 2.78. The molecule has 5 nitrogen and oxygen atoms in total. The zero-order chi connectivity index (χ0) is 18.4. The van der Waals surface area contributed by atoms with E-state index in [-0.39, 0.29) is 6.03 Å². The minimum absolute atomic E-state index is 0.0253. The molecule has 138 valence electrons. The fraction of sp³-hybridized carbons (Fsp3) is 0.381. The number of carbonyl (C=O) groups excluding carboxylic acids is 1. The van der Waals surface area contributed by atoms with E-state index in [9.17, 15) is 4.79 Å². The molecule has 0 radical (unpaired) electrons. The fourth-order valence-corrected chi connectivity index (χ4v) is 3.31. The van der Waals surface area contributed by atoms with Crippen LogP contribution < -0.4 is 10.2 Å². The maximum atomic E-state index is 12.5. The third-order valence-electron chi connectivity index (χ3n) is 4.72. The number of hydrogen-bond acceptors (Lipinski definition) is 3. The summed E-state index contributed by atoms with van der Waals surface area (Å²) in [5.74, 6) is 0. The van der Waals surface area contributed by atoms with Crippen molar-refractivity contribution in [3.05, 3.63) is 65.7 Å². The number of para-hydroxylation sites is 1. The average Bonchev–Trinajstić information content (AvgIpc) is 2.67. The molecule has 0 aliphatic carbocycles. The number of carbonyl (C=O) groups is 1. The number of nitrogens with one attached hydrogen (secondary N) is 1. The lowest BCUT2D eigenvalue weighted by atomic mass is 10.1. The van der Waals surface area contributed by atoms with Crippen molar-refractivity contribution in [3.63, 3.8) is 0 Å². The molecule has 0 spiro atoms. The minimum Gasteiger partial charge on any atom is -0.368 e. The molecule has 3 rings (SSSR count). The quantitative estimate of drug-likeness (QED) is 0.899. The van der Waals surface area contributed by atoms with E-state index in [1.807, 2.05) is 23.1 Å². The Morgan fingerprint density at radius 2 is 1.54 bits per heavy atom. The number of nitrogens with zero attached hydrogens (tertiary/aromatic N) is 3. The summed E-state index contributed by atoms with van der Waals surface area (Å²) >= 11 is 0. The van der Waals surface area contributed by atoms with Crippen LogP contribution in [0.4, 0.5) is 10.5 Å². The van der Waals surface area contributed by atoms with Gasteiger partial charge in [-0.2, -0.15) is 0 Å². The van der Waals surface area contributed by atoms with Crippen molar-refractivity contribution in [2.24, 2.45) is 0 Å². The first-order valence-electron chi connectivity index (χ1n) is 9.18. The lowest BCUT2D eigenvalue weighted by Gasteiger charge is -2.36. The number of amides is 2. The molecule has 0 bridgehead atoms. The third-order valence-corrected chi connectivity index (χ3v) is 4.72. The summed E-state index contributed by atoms with van der Waals surface area (Å²) in [6, 6.07) is 18.7. The van der Waals surface area contributed by atoms with Gasteiger partial charge < -0.3 is 20.0 Å². The molecular formula is C21H28N4O. The molecule has 2 aromatic carbocycles. The van der Waals surface area contributed by atoms with Crippen LogP contribution in [-0.4, -0.2) is 56.1 Å². The summed E-state index contributed by atoms with van der Waals surface area (Å²) < 4.78 is 0. The van der Waals surface area contributed by atoms with E-state index in [4.69, 9.17) is 0 Å². The molecule has 2 aromatic rings. The highest BCUT2D eigenvalue weighted by molar-refractivity contribution is 5.74. The first-order valence-corrected chi connectivity index (χ1v) is 9.18. The Bertz CT molecular complexity index is 709. The highest BCUT2D eigenvalue weighted by atomic mass is 16.2. The first kappa shape index (κ1) is 18.3. The smallest absolute Gasteiger partial charge is 0.317 e. The van der Waals surface area contributed by atoms with Gasteiger partial charge in [0.15, 0.2) is 0 Å². The molecule has 0 unspecified atom stereocenters. The molecule has 1 saturated heterocycles. The van der Waals surface area contributed by atoms with Crippen LogP contribution in [0.2, 0.25) is 0 Å². The van der Waals surface area contributed by atoms with Gasteiger partial charge in [0.2, 0.25) is 0 Å². The summed E-state index contributed by atoms with van der Waals surface area (Å²) in [5, 5.41) is 3.09. The van der Waals surface area contributed by atoms with E-state index in [1.54, 1.807) is 0 Å². The Labute approximate surface area is 156 Å². The third kappa shape index (κ3) is 4.76. The molecular weight excluding hydrogens is 324 g/mol. The molecule has 0 aromatic heterocycles. The maximum absolute atomic E-state index is 12.5. The van der Waals surface area contributed by atoms with E-state index < -0.39 is 0 Å². The summed E-state index contributed by atoms with van der Waals surface area (Å²) in [6.45, 7) is 4.69. The number of hydrogen-bond donors (Lipinski definition) is 1. The van der Waals surface area contributed by atoms with Crippen LogP contribution >= 0.6 is 0 Å². The molecule has 1 heterocycles. The maximum Gasteiger partial charge on any atom is 0.317 e. The van der Waals surface area contributed by atoms with Gasteiger partial charge in [0.1, 0.15) is 0 Å². The van der Waals surface area contributed by atoms with Gasteiger partial charge in [0.05, 0.1) is 0 Å². The largest absolute Gasteiger partial charge is 0.368 e. The van der Waals surface area contributed by atoms with E-state index in [1.165, 1.54) is 16.8 Å². The summed E-state index contributed by atoms with van der Waals surface area (Å²) in [6.07, 6.45) is 0. The van der Waals surface area contributed by atoms with E-state index in [0.717, 1.165) is 32.7 Å². The minimum atomic E-state index is 0.0253. The second-order valence-corrected chi connectivity index (χ2v) is 6.97. The van der Waals surface area contributed by atoms with Gasteiger partial charge in [0, 0.05) is 45.0 Å². The van der Waals surface area contributed by atoms with Crippen LogP contribution in [-0.2, 0) is 13.1 Å². The number of piperazine rings is 1. The zero-order valence-corrected chi connectivity index (χ0v) is 15.7. The predicted molar refractivity (Wildman–Crippen MR) is 106 cm³/mol. The van der Waals surface area contributed by atoms with E-state index in [0.29, 0.717) is 6.54 Å². The molecule has 5 heteroatoms. The zero-order valence-electron chi connectivity index (χ0n) is 15.7. The van der Waals surface area contributed by atoms with Gasteiger partial charge in [-0.25, -0.2) is 4.79 Å². The van der Waals surface area contributed by atoms with Gasteiger partial charge in [-0.15, -0.1) is 0 Å². The van der Waals surface area contributed by atoms with Gasteiger partial charge in [-0.3, -0.25) is 0 Å². The molecule has 2 amide bonds. The number of rotatable bonds is 5.